The molecule has 1 saturated heterocycles. The fraction of sp³-hybridized carbons (Fsp3) is 0.333. The molecule has 1 aromatic carbocycles. The number of benzene rings is 1. The van der Waals surface area contributed by atoms with Crippen LogP contribution in [0.5, 0.6) is 0 Å². The van der Waals surface area contributed by atoms with E-state index in [1.165, 1.54) is 49.3 Å². The minimum absolute atomic E-state index is 0. The second-order valence-corrected chi connectivity index (χ2v) is 5.04. The second-order valence-electron chi connectivity index (χ2n) is 5.04. The number of hydrogen-bond donors (Lipinski definition) is 0. The zero-order valence-corrected chi connectivity index (χ0v) is 24.2. The van der Waals surface area contributed by atoms with E-state index in [1.54, 1.807) is 0 Å². The fourth-order valence-electron chi connectivity index (χ4n) is 2.39. The number of ether oxygens (including phenoxy) is 1. The molecule has 1 heterocycles. The van der Waals surface area contributed by atoms with Gasteiger partial charge in [0.25, 0.3) is 5.97 Å². The third-order valence-electron chi connectivity index (χ3n) is 3.51. The molecule has 1 saturated carbocycles. The van der Waals surface area contributed by atoms with Crippen molar-refractivity contribution in [3.05, 3.63) is 96.0 Å². The molecule has 2 atom stereocenters. The molecule has 1 aliphatic heterocycles. The summed E-state index contributed by atoms with van der Waals surface area (Å²) in [5.74, 6) is -0.390. The molecule has 0 bridgehead atoms. The predicted octanol–water partition coefficient (Wildman–Crippen LogP) is 3.77. The number of carbonyl (C=O) groups excluding carboxylic acids is 1. The van der Waals surface area contributed by atoms with Gasteiger partial charge in [-0.3, -0.25) is 4.79 Å². The van der Waals surface area contributed by atoms with Crippen molar-refractivity contribution >= 4 is 5.97 Å². The summed E-state index contributed by atoms with van der Waals surface area (Å²) in [6, 6.07) is 9.77. The van der Waals surface area contributed by atoms with Crippen LogP contribution in [-0.2, 0) is 93.3 Å². The fourth-order valence-corrected chi connectivity index (χ4v) is 2.39. The molecule has 2 fully saturated rings. The van der Waals surface area contributed by atoms with Crippen molar-refractivity contribution in [3.63, 3.8) is 0 Å². The third kappa shape index (κ3) is 48.0. The minimum atomic E-state index is -0.204. The first-order valence-corrected chi connectivity index (χ1v) is 13.1. The van der Waals surface area contributed by atoms with Gasteiger partial charge in [-0.1, -0.05) is 68.4 Å². The maximum absolute atomic E-state index is 11.1. The van der Waals surface area contributed by atoms with Gasteiger partial charge >= 0.3 is 120 Å². The van der Waals surface area contributed by atoms with Crippen LogP contribution in [0.4, 0.5) is 0 Å². The average Bonchev–Trinajstić information content (AvgIpc) is 3.73. The topological polar surface area (TPSA) is 186 Å². The second kappa shape index (κ2) is 76.5. The molecule has 0 amide bonds. The molecule has 0 spiro atoms. The van der Waals surface area contributed by atoms with Gasteiger partial charge in [0.15, 0.2) is 0 Å². The van der Waals surface area contributed by atoms with Gasteiger partial charge in [-0.05, 0) is 12.0 Å². The van der Waals surface area contributed by atoms with E-state index >= 15 is 0 Å². The van der Waals surface area contributed by atoms with Crippen LogP contribution < -0.4 is 0 Å². The number of carbonyl (C=O) groups is 1. The SMILES string of the molecule is C1CCCC1.[C-]#[O+].[C-]#[O+].[C-]#[O+].[C-]#[O+].[C-]#[O+].[C-]#[O+].[C-]#[O+].[C-]#[O+].[CH2-][C@@H]1C[C@@H](c2ccccc2)OC1=O.[Co].[Co]=[W]. The molecule has 0 unspecified atom stereocenters. The van der Waals surface area contributed by atoms with Crippen molar-refractivity contribution in [3.8, 4) is 0 Å². The monoisotopic (exact) mass is 771 g/mol. The Morgan fingerprint density at radius 3 is 1.16 bits per heavy atom. The molecule has 2 aliphatic rings. The van der Waals surface area contributed by atoms with Gasteiger partial charge in [0.1, 0.15) is 6.10 Å². The Morgan fingerprint density at radius 2 is 0.946 bits per heavy atom. The van der Waals surface area contributed by atoms with Crippen molar-refractivity contribution in [1.82, 2.24) is 0 Å². The summed E-state index contributed by atoms with van der Waals surface area (Å²) in [7, 11) is 0. The summed E-state index contributed by atoms with van der Waals surface area (Å²) in [6.45, 7) is 39.7. The summed E-state index contributed by atoms with van der Waals surface area (Å²) in [6.07, 6.45) is 8.11. The van der Waals surface area contributed by atoms with E-state index in [1.807, 2.05) is 30.3 Å². The first kappa shape index (κ1) is 60.0. The van der Waals surface area contributed by atoms with E-state index in [0.29, 0.717) is 6.42 Å². The van der Waals surface area contributed by atoms with Crippen LogP contribution in [0.3, 0.4) is 0 Å². The zero-order chi connectivity index (χ0) is 30.8. The van der Waals surface area contributed by atoms with E-state index in [2.05, 4.69) is 72.7 Å². The average molecular weight is 771 g/mol. The summed E-state index contributed by atoms with van der Waals surface area (Å²) < 4.78 is 65.2. The first-order valence-electron chi connectivity index (χ1n) is 8.63. The standard InChI is InChI=1S/C11H11O2.C5H10.8CO.2Co.W/c1-8-7-10(13-11(8)12)9-5-3-2-4-6-9;1-2-4-5-3-1;8*1-2;;;/h2-6,8,10H,1,7H2;1-5H2;;;;;;;;;;;/q-1;;;;;;;;;;;;/t8-,10+;;;;;;;;;;;;/m1............/s1. The van der Waals surface area contributed by atoms with Crippen molar-refractivity contribution in [2.45, 2.75) is 44.6 Å². The normalized spacial score (nSPS) is 13.4. The summed E-state index contributed by atoms with van der Waals surface area (Å²) >= 11 is 4.92. The number of hydrogen-bond acceptors (Lipinski definition) is 2. The molecule has 13 heteroatoms. The molecule has 1 radical (unpaired) electrons. The molecule has 0 aromatic heterocycles. The summed E-state index contributed by atoms with van der Waals surface area (Å²) in [4.78, 5) is 11.1. The molecule has 1 aromatic rings. The van der Waals surface area contributed by atoms with Crippen LogP contribution in [-0.4, -0.2) is 5.97 Å². The Hall–Kier alpha value is -1.69. The Balaban J connectivity index is -0.0000000399. The van der Waals surface area contributed by atoms with Crippen LogP contribution >= 0.6 is 0 Å². The van der Waals surface area contributed by atoms with Gasteiger partial charge in [0.2, 0.25) is 0 Å². The molecular formula is C24H21Co2O10W-. The van der Waals surface area contributed by atoms with Crippen LogP contribution in [0, 0.1) is 66.0 Å². The number of cyclic esters (lactones) is 1. The van der Waals surface area contributed by atoms with Gasteiger partial charge in [0.05, 0.1) is 0 Å². The molecule has 202 valence electrons. The van der Waals surface area contributed by atoms with E-state index in [9.17, 15) is 4.79 Å². The van der Waals surface area contributed by atoms with E-state index in [0.717, 1.165) is 5.56 Å². The molecule has 10 nitrogen and oxygen atoms in total. The van der Waals surface area contributed by atoms with Crippen molar-refractivity contribution < 1.29 is 93.3 Å². The molecule has 37 heavy (non-hydrogen) atoms. The van der Waals surface area contributed by atoms with Crippen molar-refractivity contribution in [2.75, 3.05) is 0 Å². The first-order chi connectivity index (χ1) is 17.8. The maximum atomic E-state index is 11.1. The summed E-state index contributed by atoms with van der Waals surface area (Å²) in [5, 5.41) is 0. The predicted molar refractivity (Wildman–Crippen MR) is 103 cm³/mol. The van der Waals surface area contributed by atoms with Crippen LogP contribution in [0.2, 0.25) is 0 Å². The number of esters is 1. The quantitative estimate of drug-likeness (QED) is 0.240. The molecule has 0 N–H and O–H groups in total. The van der Waals surface area contributed by atoms with Crippen molar-refractivity contribution in [2.24, 2.45) is 5.92 Å². The zero-order valence-electron chi connectivity index (χ0n) is 19.1. The third-order valence-corrected chi connectivity index (χ3v) is 3.51. The summed E-state index contributed by atoms with van der Waals surface area (Å²) in [5.41, 5.74) is 1.06. The molecular weight excluding hydrogens is 750 g/mol. The van der Waals surface area contributed by atoms with E-state index in [4.69, 9.17) is 42.0 Å². The van der Waals surface area contributed by atoms with E-state index in [-0.39, 0.29) is 34.8 Å². The van der Waals surface area contributed by atoms with Gasteiger partial charge in [-0.15, -0.1) is 0 Å². The molecule has 1 aliphatic carbocycles. The van der Waals surface area contributed by atoms with E-state index < -0.39 is 0 Å². The Kier molecular flexibility index (Phi) is 124. The Morgan fingerprint density at radius 1 is 0.676 bits per heavy atom. The van der Waals surface area contributed by atoms with Gasteiger partial charge < -0.3 is 11.7 Å². The van der Waals surface area contributed by atoms with Gasteiger partial charge in [-0.2, -0.15) is 0 Å². The van der Waals surface area contributed by atoms with Crippen LogP contribution in [0.15, 0.2) is 30.3 Å². The van der Waals surface area contributed by atoms with Crippen molar-refractivity contribution in [1.29, 1.82) is 0 Å². The molecule has 3 rings (SSSR count). The number of rotatable bonds is 1. The van der Waals surface area contributed by atoms with Gasteiger partial charge in [-0.25, -0.2) is 0 Å². The Labute approximate surface area is 244 Å². The van der Waals surface area contributed by atoms with Crippen LogP contribution in [0.1, 0.15) is 50.2 Å². The van der Waals surface area contributed by atoms with Crippen LogP contribution in [0.25, 0.3) is 0 Å². The Bertz CT molecular complexity index is 643. The van der Waals surface area contributed by atoms with Gasteiger partial charge in [0, 0.05) is 16.8 Å².